The van der Waals surface area contributed by atoms with Gasteiger partial charge in [-0.3, -0.25) is 9.79 Å². The van der Waals surface area contributed by atoms with Crippen molar-refractivity contribution in [1.82, 2.24) is 4.90 Å². The number of amides is 1. The Morgan fingerprint density at radius 1 is 1.25 bits per heavy atom. The van der Waals surface area contributed by atoms with Crippen LogP contribution in [0, 0.1) is 11.7 Å². The number of aliphatic imine (C=N–C) groups is 1. The first-order chi connectivity index (χ1) is 13.4. The van der Waals surface area contributed by atoms with E-state index in [9.17, 15) is 14.0 Å². The second kappa shape index (κ2) is 6.97. The molecule has 2 aliphatic rings. The summed E-state index contributed by atoms with van der Waals surface area (Å²) in [4.78, 5) is 32.0. The predicted molar refractivity (Wildman–Crippen MR) is 106 cm³/mol. The lowest BCUT2D eigenvalue weighted by atomic mass is 9.65. The minimum absolute atomic E-state index is 0.00760. The zero-order valence-corrected chi connectivity index (χ0v) is 16.1. The van der Waals surface area contributed by atoms with Gasteiger partial charge in [0.2, 0.25) is 5.91 Å². The van der Waals surface area contributed by atoms with Crippen molar-refractivity contribution in [2.24, 2.45) is 10.9 Å². The molecule has 2 aromatic carbocycles. The van der Waals surface area contributed by atoms with Crippen LogP contribution in [-0.2, 0) is 15.0 Å². The number of rotatable bonds is 4. The Morgan fingerprint density at radius 2 is 1.96 bits per heavy atom. The molecule has 1 fully saturated rings. The van der Waals surface area contributed by atoms with Crippen molar-refractivity contribution in [2.45, 2.75) is 38.1 Å². The van der Waals surface area contributed by atoms with Gasteiger partial charge < -0.3 is 9.69 Å². The second-order valence-electron chi connectivity index (χ2n) is 7.78. The van der Waals surface area contributed by atoms with Gasteiger partial charge >= 0.3 is 0 Å². The van der Waals surface area contributed by atoms with Crippen LogP contribution in [0.1, 0.15) is 43.9 Å². The zero-order valence-electron chi connectivity index (χ0n) is 16.1. The molecule has 0 N–H and O–H groups in total. The third-order valence-corrected chi connectivity index (χ3v) is 6.12. The summed E-state index contributed by atoms with van der Waals surface area (Å²) in [7, 11) is 0. The molecule has 1 saturated heterocycles. The predicted octanol–water partition coefficient (Wildman–Crippen LogP) is 4.37. The lowest BCUT2D eigenvalue weighted by Crippen LogP contribution is -2.54. The maximum atomic E-state index is 13.6. The van der Waals surface area contributed by atoms with Gasteiger partial charge in [0.1, 0.15) is 11.6 Å². The summed E-state index contributed by atoms with van der Waals surface area (Å²) in [5.41, 5.74) is 2.26. The number of carbonyl (C=O) groups excluding carboxylic acids is 2. The van der Waals surface area contributed by atoms with Crippen molar-refractivity contribution in [3.8, 4) is 0 Å². The Balaban J connectivity index is 1.70. The second-order valence-corrected chi connectivity index (χ2v) is 7.78. The van der Waals surface area contributed by atoms with Crippen LogP contribution in [0.5, 0.6) is 0 Å². The molecular weight excluding hydrogens is 355 g/mol. The number of nitrogens with zero attached hydrogens (tertiary/aromatic N) is 2. The van der Waals surface area contributed by atoms with Crippen molar-refractivity contribution in [3.63, 3.8) is 0 Å². The lowest BCUT2D eigenvalue weighted by molar-refractivity contribution is -0.145. The average molecular weight is 378 g/mol. The van der Waals surface area contributed by atoms with E-state index in [-0.39, 0.29) is 30.0 Å². The number of hydrogen-bond acceptors (Lipinski definition) is 3. The Kier molecular flexibility index (Phi) is 4.61. The van der Waals surface area contributed by atoms with Crippen LogP contribution in [0.15, 0.2) is 53.5 Å². The highest BCUT2D eigenvalue weighted by Crippen LogP contribution is 2.49. The molecule has 5 heteroatoms. The summed E-state index contributed by atoms with van der Waals surface area (Å²) in [5.74, 6) is -0.824. The summed E-state index contributed by atoms with van der Waals surface area (Å²) >= 11 is 0. The summed E-state index contributed by atoms with van der Waals surface area (Å²) < 4.78 is 13.3. The largest absolute Gasteiger partial charge is 0.336 e. The molecule has 0 saturated carbocycles. The zero-order chi connectivity index (χ0) is 19.9. The molecule has 0 radical (unpaired) electrons. The summed E-state index contributed by atoms with van der Waals surface area (Å²) in [5, 5.41) is 0. The van der Waals surface area contributed by atoms with Crippen molar-refractivity contribution in [3.05, 3.63) is 65.5 Å². The molecular formula is C23H23FN2O2. The molecule has 2 aromatic rings. The van der Waals surface area contributed by atoms with E-state index in [1.807, 2.05) is 42.3 Å². The SMILES string of the molecule is CC(=O)C[C@@H]1C(=O)N(C(C)c2ccc(F)cc2)CC[C@@]12C=Nc1ccccc12. The van der Waals surface area contributed by atoms with Gasteiger partial charge in [0.05, 0.1) is 17.6 Å². The van der Waals surface area contributed by atoms with E-state index in [0.29, 0.717) is 13.0 Å². The highest BCUT2D eigenvalue weighted by Gasteiger charge is 2.52. The van der Waals surface area contributed by atoms with Gasteiger partial charge in [-0.15, -0.1) is 0 Å². The van der Waals surface area contributed by atoms with E-state index >= 15 is 0 Å². The number of hydrogen-bond donors (Lipinski definition) is 0. The minimum Gasteiger partial charge on any atom is -0.336 e. The summed E-state index contributed by atoms with van der Waals surface area (Å²) in [6.07, 6.45) is 2.78. The number of piperidine rings is 1. The fraction of sp³-hybridized carbons (Fsp3) is 0.348. The van der Waals surface area contributed by atoms with Gasteiger partial charge in [-0.1, -0.05) is 30.3 Å². The quantitative estimate of drug-likeness (QED) is 0.793. The molecule has 4 nitrogen and oxygen atoms in total. The van der Waals surface area contributed by atoms with Gasteiger partial charge in [0.25, 0.3) is 0 Å². The number of fused-ring (bicyclic) bond motifs is 2. The topological polar surface area (TPSA) is 49.7 Å². The molecule has 1 spiro atoms. The number of benzene rings is 2. The number of halogens is 1. The van der Waals surface area contributed by atoms with E-state index in [2.05, 4.69) is 4.99 Å². The Hall–Kier alpha value is -2.82. The molecule has 2 aliphatic heterocycles. The molecule has 2 heterocycles. The minimum atomic E-state index is -0.529. The van der Waals surface area contributed by atoms with E-state index in [4.69, 9.17) is 0 Å². The molecule has 28 heavy (non-hydrogen) atoms. The number of para-hydroxylation sites is 1. The monoisotopic (exact) mass is 378 g/mol. The lowest BCUT2D eigenvalue weighted by Gasteiger charge is -2.46. The first kappa shape index (κ1) is 18.5. The van der Waals surface area contributed by atoms with Crippen LogP contribution in [0.3, 0.4) is 0 Å². The molecule has 3 atom stereocenters. The molecule has 1 unspecified atom stereocenters. The fourth-order valence-corrected chi connectivity index (χ4v) is 4.58. The standard InChI is InChI=1S/C23H23FN2O2/c1-15(27)13-20-22(28)26(16(2)17-7-9-18(24)10-8-17)12-11-23(20)14-25-21-6-4-3-5-19(21)23/h3-10,14,16,20H,11-13H2,1-2H3/t16?,20-,23+/m1/s1. The Labute approximate surface area is 164 Å². The van der Waals surface area contributed by atoms with Crippen molar-refractivity contribution < 1.29 is 14.0 Å². The Bertz CT molecular complexity index is 953. The molecule has 0 bridgehead atoms. The van der Waals surface area contributed by atoms with E-state index < -0.39 is 11.3 Å². The van der Waals surface area contributed by atoms with Gasteiger partial charge in [-0.05, 0) is 49.6 Å². The van der Waals surface area contributed by atoms with Crippen LogP contribution in [0.2, 0.25) is 0 Å². The number of likely N-dealkylation sites (tertiary alicyclic amines) is 1. The first-order valence-electron chi connectivity index (χ1n) is 9.62. The van der Waals surface area contributed by atoms with Crippen LogP contribution in [0.25, 0.3) is 0 Å². The first-order valence-corrected chi connectivity index (χ1v) is 9.62. The normalized spacial score (nSPS) is 24.5. The van der Waals surface area contributed by atoms with Gasteiger partial charge in [-0.2, -0.15) is 0 Å². The molecule has 1 amide bonds. The van der Waals surface area contributed by atoms with Gasteiger partial charge in [0.15, 0.2) is 0 Å². The molecule has 0 aliphatic carbocycles. The van der Waals surface area contributed by atoms with Crippen molar-refractivity contribution in [1.29, 1.82) is 0 Å². The summed E-state index contributed by atoms with van der Waals surface area (Å²) in [6.45, 7) is 4.04. The highest BCUT2D eigenvalue weighted by atomic mass is 19.1. The van der Waals surface area contributed by atoms with Crippen LogP contribution in [0.4, 0.5) is 10.1 Å². The molecule has 4 rings (SSSR count). The smallest absolute Gasteiger partial charge is 0.227 e. The Morgan fingerprint density at radius 3 is 2.68 bits per heavy atom. The van der Waals surface area contributed by atoms with E-state index in [1.54, 1.807) is 12.1 Å². The number of carbonyl (C=O) groups is 2. The molecule has 0 aromatic heterocycles. The van der Waals surface area contributed by atoms with Crippen molar-refractivity contribution in [2.75, 3.05) is 6.54 Å². The van der Waals surface area contributed by atoms with E-state index in [1.165, 1.54) is 19.1 Å². The van der Waals surface area contributed by atoms with Crippen molar-refractivity contribution >= 4 is 23.6 Å². The van der Waals surface area contributed by atoms with Crippen LogP contribution in [-0.4, -0.2) is 29.3 Å². The maximum absolute atomic E-state index is 13.6. The van der Waals surface area contributed by atoms with Crippen LogP contribution >= 0.6 is 0 Å². The summed E-state index contributed by atoms with van der Waals surface area (Å²) in [6, 6.07) is 13.9. The highest BCUT2D eigenvalue weighted by molar-refractivity contribution is 5.97. The number of ketones is 1. The fourth-order valence-electron chi connectivity index (χ4n) is 4.58. The third kappa shape index (κ3) is 2.95. The van der Waals surface area contributed by atoms with E-state index in [0.717, 1.165) is 16.8 Å². The van der Waals surface area contributed by atoms with Gasteiger partial charge in [0, 0.05) is 24.6 Å². The number of Topliss-reactive ketones (excluding diaryl/α,β-unsaturated/α-hetero) is 1. The van der Waals surface area contributed by atoms with Crippen LogP contribution < -0.4 is 0 Å². The van der Waals surface area contributed by atoms with Gasteiger partial charge in [-0.25, -0.2) is 4.39 Å². The maximum Gasteiger partial charge on any atom is 0.227 e. The third-order valence-electron chi connectivity index (χ3n) is 6.12. The average Bonchev–Trinajstić information content (AvgIpc) is 3.05. The molecule has 144 valence electrons.